The number of benzene rings is 1. The summed E-state index contributed by atoms with van der Waals surface area (Å²) in [6.07, 6.45) is 1.20. The minimum atomic E-state index is 0.0456. The van der Waals surface area contributed by atoms with Gasteiger partial charge in [0, 0.05) is 24.3 Å². The predicted molar refractivity (Wildman–Crippen MR) is 94.7 cm³/mol. The third-order valence-electron chi connectivity index (χ3n) is 4.01. The maximum Gasteiger partial charge on any atom is 0.224 e. The molecule has 0 bridgehead atoms. The van der Waals surface area contributed by atoms with Crippen LogP contribution in [0.25, 0.3) is 0 Å². The van der Waals surface area contributed by atoms with Gasteiger partial charge in [-0.05, 0) is 50.8 Å². The summed E-state index contributed by atoms with van der Waals surface area (Å²) in [6, 6.07) is 7.87. The maximum absolute atomic E-state index is 12.1. The van der Waals surface area contributed by atoms with Crippen molar-refractivity contribution in [2.75, 3.05) is 5.32 Å². The van der Waals surface area contributed by atoms with Crippen LogP contribution >= 0.6 is 0 Å². The normalized spacial score (nSPS) is 11.0. The number of amides is 1. The topological polar surface area (TPSA) is 46.9 Å². The third kappa shape index (κ3) is 4.68. The molecule has 0 aliphatic rings. The Balaban J connectivity index is 1.96. The average Bonchev–Trinajstić information content (AvgIpc) is 2.73. The van der Waals surface area contributed by atoms with Gasteiger partial charge in [0.1, 0.15) is 0 Å². The van der Waals surface area contributed by atoms with Gasteiger partial charge in [-0.15, -0.1) is 0 Å². The molecule has 0 fully saturated rings. The largest absolute Gasteiger partial charge is 0.326 e. The SMILES string of the molecule is Cc1ccc(NC(=O)CCc2c(C)nn(CC(C)C)c2C)cc1. The molecule has 0 atom stereocenters. The van der Waals surface area contributed by atoms with Gasteiger partial charge in [0.2, 0.25) is 5.91 Å². The van der Waals surface area contributed by atoms with E-state index in [0.29, 0.717) is 12.3 Å². The number of hydrogen-bond acceptors (Lipinski definition) is 2. The quantitative estimate of drug-likeness (QED) is 0.875. The lowest BCUT2D eigenvalue weighted by molar-refractivity contribution is -0.116. The van der Waals surface area contributed by atoms with Crippen LogP contribution in [-0.4, -0.2) is 15.7 Å². The van der Waals surface area contributed by atoms with E-state index < -0.39 is 0 Å². The van der Waals surface area contributed by atoms with Gasteiger partial charge in [0.25, 0.3) is 0 Å². The van der Waals surface area contributed by atoms with Crippen LogP contribution < -0.4 is 5.32 Å². The number of carbonyl (C=O) groups excluding carboxylic acids is 1. The van der Waals surface area contributed by atoms with Gasteiger partial charge in [-0.1, -0.05) is 31.5 Å². The first kappa shape index (κ1) is 17.3. The molecule has 4 heteroatoms. The Hall–Kier alpha value is -2.10. The zero-order valence-corrected chi connectivity index (χ0v) is 14.8. The highest BCUT2D eigenvalue weighted by atomic mass is 16.1. The maximum atomic E-state index is 12.1. The van der Waals surface area contributed by atoms with Gasteiger partial charge in [0.05, 0.1) is 5.69 Å². The molecule has 2 rings (SSSR count). The smallest absolute Gasteiger partial charge is 0.224 e. The Morgan fingerprint density at radius 1 is 1.17 bits per heavy atom. The van der Waals surface area contributed by atoms with Crippen LogP contribution in [0, 0.1) is 26.7 Å². The minimum Gasteiger partial charge on any atom is -0.326 e. The van der Waals surface area contributed by atoms with Crippen LogP contribution in [-0.2, 0) is 17.8 Å². The van der Waals surface area contributed by atoms with E-state index in [1.54, 1.807) is 0 Å². The molecule has 1 aromatic carbocycles. The van der Waals surface area contributed by atoms with Crippen molar-refractivity contribution in [2.24, 2.45) is 5.92 Å². The molecular weight excluding hydrogens is 286 g/mol. The first-order valence-electron chi connectivity index (χ1n) is 8.26. The highest BCUT2D eigenvalue weighted by molar-refractivity contribution is 5.90. The van der Waals surface area contributed by atoms with E-state index >= 15 is 0 Å². The Labute approximate surface area is 138 Å². The molecule has 1 amide bonds. The number of aromatic nitrogens is 2. The van der Waals surface area contributed by atoms with Crippen molar-refractivity contribution in [1.82, 2.24) is 9.78 Å². The van der Waals surface area contributed by atoms with Crippen molar-refractivity contribution in [3.8, 4) is 0 Å². The second-order valence-electron chi connectivity index (χ2n) is 6.64. The highest BCUT2D eigenvalue weighted by Crippen LogP contribution is 2.17. The van der Waals surface area contributed by atoms with Gasteiger partial charge >= 0.3 is 0 Å². The molecular formula is C19H27N3O. The van der Waals surface area contributed by atoms with Crippen molar-refractivity contribution in [3.63, 3.8) is 0 Å². The van der Waals surface area contributed by atoms with Crippen molar-refractivity contribution < 1.29 is 4.79 Å². The van der Waals surface area contributed by atoms with E-state index in [1.165, 1.54) is 16.8 Å². The summed E-state index contributed by atoms with van der Waals surface area (Å²) in [5.74, 6) is 0.606. The van der Waals surface area contributed by atoms with E-state index in [-0.39, 0.29) is 5.91 Å². The van der Waals surface area contributed by atoms with E-state index in [0.717, 1.165) is 24.3 Å². The fourth-order valence-corrected chi connectivity index (χ4v) is 2.72. The molecule has 124 valence electrons. The number of rotatable bonds is 6. The highest BCUT2D eigenvalue weighted by Gasteiger charge is 2.13. The van der Waals surface area contributed by atoms with E-state index in [9.17, 15) is 4.79 Å². The molecule has 2 aromatic rings. The summed E-state index contributed by atoms with van der Waals surface area (Å²) in [4.78, 5) is 12.1. The first-order chi connectivity index (χ1) is 10.9. The van der Waals surface area contributed by atoms with E-state index in [1.807, 2.05) is 38.1 Å². The molecule has 1 heterocycles. The second-order valence-corrected chi connectivity index (χ2v) is 6.64. The lowest BCUT2D eigenvalue weighted by atomic mass is 10.1. The summed E-state index contributed by atoms with van der Waals surface area (Å²) in [5.41, 5.74) is 5.45. The number of hydrogen-bond donors (Lipinski definition) is 1. The number of aryl methyl sites for hydroxylation is 2. The Morgan fingerprint density at radius 2 is 1.83 bits per heavy atom. The Kier molecular flexibility index (Phi) is 5.59. The molecule has 1 aromatic heterocycles. The number of nitrogens with one attached hydrogen (secondary N) is 1. The summed E-state index contributed by atoms with van der Waals surface area (Å²) >= 11 is 0. The summed E-state index contributed by atoms with van der Waals surface area (Å²) < 4.78 is 2.06. The molecule has 4 nitrogen and oxygen atoms in total. The van der Waals surface area contributed by atoms with Crippen molar-refractivity contribution >= 4 is 11.6 Å². The van der Waals surface area contributed by atoms with Crippen molar-refractivity contribution in [2.45, 2.75) is 54.0 Å². The average molecular weight is 313 g/mol. The minimum absolute atomic E-state index is 0.0456. The molecule has 0 radical (unpaired) electrons. The van der Waals surface area contributed by atoms with Crippen LogP contribution in [0.5, 0.6) is 0 Å². The van der Waals surface area contributed by atoms with Gasteiger partial charge in [-0.2, -0.15) is 5.10 Å². The molecule has 0 spiro atoms. The van der Waals surface area contributed by atoms with Crippen LogP contribution in [0.3, 0.4) is 0 Å². The summed E-state index contributed by atoms with van der Waals surface area (Å²) in [6.45, 7) is 11.4. The van der Waals surface area contributed by atoms with Crippen LogP contribution in [0.15, 0.2) is 24.3 Å². The van der Waals surface area contributed by atoms with Crippen molar-refractivity contribution in [3.05, 3.63) is 46.8 Å². The van der Waals surface area contributed by atoms with Crippen LogP contribution in [0.1, 0.15) is 42.8 Å². The van der Waals surface area contributed by atoms with Gasteiger partial charge in [-0.25, -0.2) is 0 Å². The number of carbonyl (C=O) groups is 1. The lowest BCUT2D eigenvalue weighted by Gasteiger charge is -2.08. The van der Waals surface area contributed by atoms with Gasteiger partial charge < -0.3 is 5.32 Å². The Morgan fingerprint density at radius 3 is 2.43 bits per heavy atom. The zero-order valence-electron chi connectivity index (χ0n) is 14.8. The zero-order chi connectivity index (χ0) is 17.0. The fourth-order valence-electron chi connectivity index (χ4n) is 2.72. The number of nitrogens with zero attached hydrogens (tertiary/aromatic N) is 2. The monoisotopic (exact) mass is 313 g/mol. The third-order valence-corrected chi connectivity index (χ3v) is 4.01. The van der Waals surface area contributed by atoms with E-state index in [2.05, 4.69) is 35.9 Å². The molecule has 0 aliphatic heterocycles. The van der Waals surface area contributed by atoms with Gasteiger partial charge in [-0.3, -0.25) is 9.48 Å². The Bertz CT molecular complexity index is 669. The standard InChI is InChI=1S/C19H27N3O/c1-13(2)12-22-16(5)18(15(4)21-22)10-11-19(23)20-17-8-6-14(3)7-9-17/h6-9,13H,10-12H2,1-5H3,(H,20,23). The molecule has 0 aliphatic carbocycles. The van der Waals surface area contributed by atoms with E-state index in [4.69, 9.17) is 0 Å². The lowest BCUT2D eigenvalue weighted by Crippen LogP contribution is -2.13. The molecule has 0 saturated heterocycles. The predicted octanol–water partition coefficient (Wildman–Crippen LogP) is 4.04. The van der Waals surface area contributed by atoms with Crippen molar-refractivity contribution in [1.29, 1.82) is 0 Å². The van der Waals surface area contributed by atoms with Crippen LogP contribution in [0.4, 0.5) is 5.69 Å². The molecule has 23 heavy (non-hydrogen) atoms. The number of anilines is 1. The molecule has 0 unspecified atom stereocenters. The first-order valence-corrected chi connectivity index (χ1v) is 8.26. The second kappa shape index (κ2) is 7.44. The molecule has 1 N–H and O–H groups in total. The van der Waals surface area contributed by atoms with Crippen LogP contribution in [0.2, 0.25) is 0 Å². The molecule has 0 saturated carbocycles. The fraction of sp³-hybridized carbons (Fsp3) is 0.474. The van der Waals surface area contributed by atoms with Gasteiger partial charge in [0.15, 0.2) is 0 Å². The summed E-state index contributed by atoms with van der Waals surface area (Å²) in [7, 11) is 0. The summed E-state index contributed by atoms with van der Waals surface area (Å²) in [5, 5.41) is 7.56.